The maximum atomic E-state index is 12.2. The zero-order valence-corrected chi connectivity index (χ0v) is 15.6. The van der Waals surface area contributed by atoms with Crippen molar-refractivity contribution >= 4 is 44.5 Å². The fraction of sp³-hybridized carbons (Fsp3) is 0.267. The van der Waals surface area contributed by atoms with Gasteiger partial charge in [0.25, 0.3) is 0 Å². The average molecular weight is 412 g/mol. The molecule has 0 aliphatic rings. The summed E-state index contributed by atoms with van der Waals surface area (Å²) in [5.41, 5.74) is 0.941. The van der Waals surface area contributed by atoms with Gasteiger partial charge >= 0.3 is 0 Å². The van der Waals surface area contributed by atoms with Crippen molar-refractivity contribution in [3.63, 3.8) is 0 Å². The van der Waals surface area contributed by atoms with Crippen LogP contribution in [0.4, 0.5) is 0 Å². The van der Waals surface area contributed by atoms with Crippen LogP contribution in [0.25, 0.3) is 11.4 Å². The number of hydrogen-bond acceptors (Lipinski definition) is 6. The third kappa shape index (κ3) is 4.27. The Balaban J connectivity index is 1.52. The van der Waals surface area contributed by atoms with Gasteiger partial charge in [0.2, 0.25) is 17.6 Å². The van der Waals surface area contributed by atoms with Gasteiger partial charge in [0.15, 0.2) is 0 Å². The van der Waals surface area contributed by atoms with Crippen LogP contribution in [0.5, 0.6) is 0 Å². The monoisotopic (exact) mass is 411 g/mol. The lowest BCUT2D eigenvalue weighted by atomic mass is 10.2. The second kappa shape index (κ2) is 7.37. The molecule has 0 unspecified atom stereocenters. The second-order valence-corrected chi connectivity index (χ2v) is 7.70. The first kappa shape index (κ1) is 16.4. The van der Waals surface area contributed by atoms with Crippen molar-refractivity contribution in [2.75, 3.05) is 7.05 Å². The maximum Gasteiger partial charge on any atom is 0.227 e. The first-order valence-corrected chi connectivity index (χ1v) is 9.55. The van der Waals surface area contributed by atoms with Gasteiger partial charge in [-0.3, -0.25) is 4.79 Å². The highest BCUT2D eigenvalue weighted by Crippen LogP contribution is 2.21. The number of rotatable bonds is 6. The van der Waals surface area contributed by atoms with Crippen LogP contribution in [0, 0.1) is 0 Å². The van der Waals surface area contributed by atoms with Gasteiger partial charge in [-0.1, -0.05) is 5.16 Å². The summed E-state index contributed by atoms with van der Waals surface area (Å²) in [4.78, 5) is 19.4. The van der Waals surface area contributed by atoms with E-state index in [2.05, 4.69) is 26.1 Å². The van der Waals surface area contributed by atoms with Gasteiger partial charge in [-0.25, -0.2) is 0 Å². The van der Waals surface area contributed by atoms with Crippen molar-refractivity contribution < 1.29 is 9.32 Å². The zero-order chi connectivity index (χ0) is 16.2. The molecule has 8 heteroatoms. The second-order valence-electron chi connectivity index (χ2n) is 5.00. The molecule has 0 radical (unpaired) electrons. The Morgan fingerprint density at radius 1 is 1.43 bits per heavy atom. The third-order valence-electron chi connectivity index (χ3n) is 3.24. The number of aromatic nitrogens is 2. The number of thiophene rings is 2. The van der Waals surface area contributed by atoms with Gasteiger partial charge in [0.05, 0.1) is 6.54 Å². The van der Waals surface area contributed by atoms with Crippen LogP contribution in [0.1, 0.15) is 17.2 Å². The number of nitrogens with zero attached hydrogens (tertiary/aromatic N) is 3. The molecule has 0 bridgehead atoms. The van der Waals surface area contributed by atoms with Crippen LogP contribution in [-0.4, -0.2) is 28.0 Å². The normalized spacial score (nSPS) is 10.9. The minimum Gasteiger partial charge on any atom is -0.341 e. The topological polar surface area (TPSA) is 59.2 Å². The number of amides is 1. The molecule has 3 aromatic heterocycles. The van der Waals surface area contributed by atoms with Crippen LogP contribution < -0.4 is 0 Å². The fourth-order valence-corrected chi connectivity index (χ4v) is 4.17. The predicted molar refractivity (Wildman–Crippen MR) is 94.4 cm³/mol. The summed E-state index contributed by atoms with van der Waals surface area (Å²) in [6.45, 7) is 0.610. The maximum absolute atomic E-state index is 12.2. The molecule has 0 N–H and O–H groups in total. The molecule has 0 aromatic carbocycles. The van der Waals surface area contributed by atoms with Gasteiger partial charge in [-0.15, -0.1) is 11.3 Å². The van der Waals surface area contributed by atoms with E-state index in [1.165, 1.54) is 0 Å². The lowest BCUT2D eigenvalue weighted by Crippen LogP contribution is -2.26. The molecule has 0 fully saturated rings. The molecule has 3 aromatic rings. The van der Waals surface area contributed by atoms with Crippen molar-refractivity contribution in [3.8, 4) is 11.4 Å². The summed E-state index contributed by atoms with van der Waals surface area (Å²) in [6, 6.07) is 3.97. The molecule has 0 saturated carbocycles. The van der Waals surface area contributed by atoms with E-state index in [-0.39, 0.29) is 5.91 Å². The SMILES string of the molecule is CN(Cc1cc(Br)cs1)C(=O)CCc1nc(-c2ccsc2)no1. The molecule has 1 amide bonds. The summed E-state index contributed by atoms with van der Waals surface area (Å²) < 4.78 is 6.26. The van der Waals surface area contributed by atoms with Crippen LogP contribution in [0.3, 0.4) is 0 Å². The van der Waals surface area contributed by atoms with E-state index < -0.39 is 0 Å². The number of halogens is 1. The van der Waals surface area contributed by atoms with Gasteiger partial charge in [-0.05, 0) is 33.4 Å². The minimum absolute atomic E-state index is 0.0600. The highest BCUT2D eigenvalue weighted by molar-refractivity contribution is 9.10. The van der Waals surface area contributed by atoms with E-state index >= 15 is 0 Å². The van der Waals surface area contributed by atoms with Gasteiger partial charge in [-0.2, -0.15) is 16.3 Å². The van der Waals surface area contributed by atoms with E-state index in [9.17, 15) is 4.79 Å². The Morgan fingerprint density at radius 3 is 3.00 bits per heavy atom. The number of carbonyl (C=O) groups excluding carboxylic acids is 1. The Hall–Kier alpha value is -1.51. The molecule has 120 valence electrons. The lowest BCUT2D eigenvalue weighted by Gasteiger charge is -2.15. The number of aryl methyl sites for hydroxylation is 1. The van der Waals surface area contributed by atoms with Crippen LogP contribution in [0.2, 0.25) is 0 Å². The summed E-state index contributed by atoms with van der Waals surface area (Å²) in [7, 11) is 1.81. The van der Waals surface area contributed by atoms with Crippen molar-refractivity contribution in [3.05, 3.63) is 43.5 Å². The summed E-state index contributed by atoms with van der Waals surface area (Å²) >= 11 is 6.63. The number of carbonyl (C=O) groups is 1. The van der Waals surface area contributed by atoms with Crippen molar-refractivity contribution in [2.24, 2.45) is 0 Å². The van der Waals surface area contributed by atoms with E-state index in [0.717, 1.165) is 14.9 Å². The number of hydrogen-bond donors (Lipinski definition) is 0. The Morgan fingerprint density at radius 2 is 2.30 bits per heavy atom. The molecular weight excluding hydrogens is 398 g/mol. The van der Waals surface area contributed by atoms with Crippen LogP contribution >= 0.6 is 38.6 Å². The van der Waals surface area contributed by atoms with E-state index in [1.54, 1.807) is 34.6 Å². The van der Waals surface area contributed by atoms with Crippen molar-refractivity contribution in [2.45, 2.75) is 19.4 Å². The van der Waals surface area contributed by atoms with Crippen molar-refractivity contribution in [1.82, 2.24) is 15.0 Å². The molecule has 0 atom stereocenters. The fourth-order valence-electron chi connectivity index (χ4n) is 2.03. The molecule has 5 nitrogen and oxygen atoms in total. The van der Waals surface area contributed by atoms with Gasteiger partial charge < -0.3 is 9.42 Å². The third-order valence-corrected chi connectivity index (χ3v) is 5.61. The summed E-state index contributed by atoms with van der Waals surface area (Å²) in [5, 5.41) is 9.89. The minimum atomic E-state index is 0.0600. The molecule has 0 spiro atoms. The van der Waals surface area contributed by atoms with E-state index in [1.807, 2.05) is 28.3 Å². The highest BCUT2D eigenvalue weighted by Gasteiger charge is 2.14. The molecule has 3 rings (SSSR count). The van der Waals surface area contributed by atoms with E-state index in [4.69, 9.17) is 4.52 Å². The lowest BCUT2D eigenvalue weighted by molar-refractivity contribution is -0.130. The molecule has 3 heterocycles. The Bertz CT molecular complexity index is 782. The predicted octanol–water partition coefficient (Wildman–Crippen LogP) is 4.21. The highest BCUT2D eigenvalue weighted by atomic mass is 79.9. The quantitative estimate of drug-likeness (QED) is 0.609. The van der Waals surface area contributed by atoms with Crippen LogP contribution in [0.15, 0.2) is 37.3 Å². The molecule has 0 saturated heterocycles. The molecule has 23 heavy (non-hydrogen) atoms. The molecule has 0 aliphatic heterocycles. The Kier molecular flexibility index (Phi) is 5.24. The molecule has 0 aliphatic carbocycles. The van der Waals surface area contributed by atoms with Gasteiger partial charge in [0, 0.05) is 45.6 Å². The Labute approximate surface area is 150 Å². The van der Waals surface area contributed by atoms with Crippen molar-refractivity contribution in [1.29, 1.82) is 0 Å². The first-order chi connectivity index (χ1) is 11.1. The standard InChI is InChI=1S/C15H14BrN3O2S2/c1-19(7-12-6-11(16)9-23-12)14(20)3-2-13-17-15(18-21-13)10-4-5-22-8-10/h4-6,8-9H,2-3,7H2,1H3. The summed E-state index contributed by atoms with van der Waals surface area (Å²) in [5.74, 6) is 1.13. The van der Waals surface area contributed by atoms with Crippen LogP contribution in [-0.2, 0) is 17.8 Å². The first-order valence-electron chi connectivity index (χ1n) is 6.94. The smallest absolute Gasteiger partial charge is 0.227 e. The van der Waals surface area contributed by atoms with E-state index in [0.29, 0.717) is 31.1 Å². The average Bonchev–Trinajstić information content (AvgIpc) is 3.26. The van der Waals surface area contributed by atoms with Gasteiger partial charge in [0.1, 0.15) is 0 Å². The molecular formula is C15H14BrN3O2S2. The zero-order valence-electron chi connectivity index (χ0n) is 12.4. The largest absolute Gasteiger partial charge is 0.341 e. The summed E-state index contributed by atoms with van der Waals surface area (Å²) in [6.07, 6.45) is 0.808.